The third-order valence-corrected chi connectivity index (χ3v) is 3.08. The quantitative estimate of drug-likeness (QED) is 0.814. The lowest BCUT2D eigenvalue weighted by Crippen LogP contribution is -2.57. The van der Waals surface area contributed by atoms with Crippen LogP contribution in [0.2, 0.25) is 0 Å². The molecule has 1 aromatic rings. The van der Waals surface area contributed by atoms with Gasteiger partial charge in [-0.05, 0) is 19.2 Å². The van der Waals surface area contributed by atoms with E-state index in [1.54, 1.807) is 30.1 Å². The van der Waals surface area contributed by atoms with Gasteiger partial charge in [0.2, 0.25) is 5.91 Å². The zero-order valence-corrected chi connectivity index (χ0v) is 9.64. The Hall–Kier alpha value is -1.46. The zero-order valence-electron chi connectivity index (χ0n) is 9.64. The SMILES string of the molecule is CN1CCN(c2ccccc2F)C(=O)C1CO. The molecule has 1 aliphatic heterocycles. The molecule has 1 amide bonds. The summed E-state index contributed by atoms with van der Waals surface area (Å²) in [5.41, 5.74) is 0.282. The topological polar surface area (TPSA) is 43.8 Å². The molecule has 1 aromatic carbocycles. The zero-order chi connectivity index (χ0) is 12.4. The Morgan fingerprint density at radius 2 is 2.12 bits per heavy atom. The van der Waals surface area contributed by atoms with Gasteiger partial charge >= 0.3 is 0 Å². The van der Waals surface area contributed by atoms with Gasteiger partial charge < -0.3 is 10.0 Å². The summed E-state index contributed by atoms with van der Waals surface area (Å²) < 4.78 is 13.6. The van der Waals surface area contributed by atoms with Crippen LogP contribution in [0.1, 0.15) is 0 Å². The molecule has 0 saturated carbocycles. The molecule has 92 valence electrons. The van der Waals surface area contributed by atoms with Crippen molar-refractivity contribution in [1.29, 1.82) is 0 Å². The number of para-hydroxylation sites is 1. The molecule has 1 atom stereocenters. The molecule has 0 bridgehead atoms. The van der Waals surface area contributed by atoms with Crippen LogP contribution in [-0.4, -0.2) is 48.7 Å². The highest BCUT2D eigenvalue weighted by Crippen LogP contribution is 2.22. The number of carbonyl (C=O) groups excluding carboxylic acids is 1. The van der Waals surface area contributed by atoms with Gasteiger partial charge in [-0.1, -0.05) is 12.1 Å². The third kappa shape index (κ3) is 2.16. The molecule has 0 aliphatic carbocycles. The van der Waals surface area contributed by atoms with Crippen LogP contribution in [0.3, 0.4) is 0 Å². The number of anilines is 1. The number of aliphatic hydroxyl groups is 1. The van der Waals surface area contributed by atoms with Crippen molar-refractivity contribution in [2.75, 3.05) is 31.6 Å². The summed E-state index contributed by atoms with van der Waals surface area (Å²) in [7, 11) is 1.78. The fourth-order valence-electron chi connectivity index (χ4n) is 2.02. The standard InChI is InChI=1S/C12H15FN2O2/c1-14-6-7-15(12(17)11(14)8-16)10-5-3-2-4-9(10)13/h2-5,11,16H,6-8H2,1H3. The number of benzene rings is 1. The van der Waals surface area contributed by atoms with Crippen molar-refractivity contribution in [2.45, 2.75) is 6.04 Å². The van der Waals surface area contributed by atoms with Crippen molar-refractivity contribution in [3.63, 3.8) is 0 Å². The summed E-state index contributed by atoms with van der Waals surface area (Å²) in [4.78, 5) is 15.3. The van der Waals surface area contributed by atoms with E-state index in [1.165, 1.54) is 11.0 Å². The lowest BCUT2D eigenvalue weighted by molar-refractivity contribution is -0.126. The number of piperazine rings is 1. The molecule has 4 nitrogen and oxygen atoms in total. The molecule has 2 rings (SSSR count). The Kier molecular flexibility index (Phi) is 3.40. The maximum Gasteiger partial charge on any atom is 0.246 e. The van der Waals surface area contributed by atoms with Gasteiger partial charge in [0.05, 0.1) is 12.3 Å². The van der Waals surface area contributed by atoms with Gasteiger partial charge in [-0.25, -0.2) is 4.39 Å². The smallest absolute Gasteiger partial charge is 0.246 e. The molecule has 5 heteroatoms. The van der Waals surface area contributed by atoms with Crippen molar-refractivity contribution in [3.8, 4) is 0 Å². The van der Waals surface area contributed by atoms with Crippen molar-refractivity contribution in [2.24, 2.45) is 0 Å². The van der Waals surface area contributed by atoms with Crippen LogP contribution in [0.25, 0.3) is 0 Å². The van der Waals surface area contributed by atoms with E-state index in [2.05, 4.69) is 0 Å². The highest BCUT2D eigenvalue weighted by Gasteiger charge is 2.33. The molecule has 1 N–H and O–H groups in total. The second kappa shape index (κ2) is 4.81. The summed E-state index contributed by atoms with van der Waals surface area (Å²) in [6, 6.07) is 5.60. The molecule has 1 unspecified atom stereocenters. The fraction of sp³-hybridized carbons (Fsp3) is 0.417. The Labute approximate surface area is 99.3 Å². The number of hydrogen-bond acceptors (Lipinski definition) is 3. The fourth-order valence-corrected chi connectivity index (χ4v) is 2.02. The van der Waals surface area contributed by atoms with Crippen LogP contribution in [0, 0.1) is 5.82 Å². The van der Waals surface area contributed by atoms with Crippen molar-refractivity contribution >= 4 is 11.6 Å². The molecule has 0 aromatic heterocycles. The second-order valence-corrected chi connectivity index (χ2v) is 4.12. The average Bonchev–Trinajstić information content (AvgIpc) is 2.31. The lowest BCUT2D eigenvalue weighted by Gasteiger charge is -2.37. The molecule has 0 spiro atoms. The first kappa shape index (κ1) is 12.0. The van der Waals surface area contributed by atoms with E-state index < -0.39 is 11.9 Å². The van der Waals surface area contributed by atoms with Gasteiger partial charge in [-0.3, -0.25) is 9.69 Å². The van der Waals surface area contributed by atoms with Gasteiger partial charge in [0.1, 0.15) is 11.9 Å². The highest BCUT2D eigenvalue weighted by atomic mass is 19.1. The second-order valence-electron chi connectivity index (χ2n) is 4.12. The van der Waals surface area contributed by atoms with Gasteiger partial charge in [-0.2, -0.15) is 0 Å². The van der Waals surface area contributed by atoms with Crippen LogP contribution in [-0.2, 0) is 4.79 Å². The van der Waals surface area contributed by atoms with E-state index in [4.69, 9.17) is 0 Å². The minimum absolute atomic E-state index is 0.250. The summed E-state index contributed by atoms with van der Waals surface area (Å²) in [6.45, 7) is 0.804. The third-order valence-electron chi connectivity index (χ3n) is 3.08. The lowest BCUT2D eigenvalue weighted by atomic mass is 10.1. The van der Waals surface area contributed by atoms with Crippen LogP contribution in [0.4, 0.5) is 10.1 Å². The summed E-state index contributed by atoms with van der Waals surface area (Å²) >= 11 is 0. The largest absolute Gasteiger partial charge is 0.394 e. The predicted molar refractivity (Wildman–Crippen MR) is 62.3 cm³/mol. The maximum atomic E-state index is 13.6. The maximum absolute atomic E-state index is 13.6. The molecule has 17 heavy (non-hydrogen) atoms. The van der Waals surface area contributed by atoms with Crippen molar-refractivity contribution < 1.29 is 14.3 Å². The number of carbonyl (C=O) groups is 1. The normalized spacial score (nSPS) is 21.9. The van der Waals surface area contributed by atoms with E-state index in [-0.39, 0.29) is 18.2 Å². The number of rotatable bonds is 2. The minimum atomic E-state index is -0.580. The Balaban J connectivity index is 2.28. The molecule has 1 saturated heterocycles. The number of amides is 1. The number of halogens is 1. The first-order valence-electron chi connectivity index (χ1n) is 5.52. The van der Waals surface area contributed by atoms with Crippen molar-refractivity contribution in [3.05, 3.63) is 30.1 Å². The van der Waals surface area contributed by atoms with Crippen LogP contribution in [0.15, 0.2) is 24.3 Å². The summed E-state index contributed by atoms with van der Waals surface area (Å²) in [5.74, 6) is -0.673. The van der Waals surface area contributed by atoms with Crippen LogP contribution in [0.5, 0.6) is 0 Å². The molecular formula is C12H15FN2O2. The Morgan fingerprint density at radius 1 is 1.41 bits per heavy atom. The van der Waals surface area contributed by atoms with E-state index in [0.717, 1.165) is 0 Å². The molecule has 1 fully saturated rings. The predicted octanol–water partition coefficient (Wildman–Crippen LogP) is 0.465. The first-order chi connectivity index (χ1) is 8.15. The molecule has 1 heterocycles. The summed E-state index contributed by atoms with van der Waals surface area (Å²) in [6.07, 6.45) is 0. The van der Waals surface area contributed by atoms with Gasteiger partial charge in [0, 0.05) is 13.1 Å². The average molecular weight is 238 g/mol. The van der Waals surface area contributed by atoms with Gasteiger partial charge in [-0.15, -0.1) is 0 Å². The summed E-state index contributed by atoms with van der Waals surface area (Å²) in [5, 5.41) is 9.18. The number of nitrogens with zero attached hydrogens (tertiary/aromatic N) is 2. The van der Waals surface area contributed by atoms with Gasteiger partial charge in [0.15, 0.2) is 0 Å². The monoisotopic (exact) mass is 238 g/mol. The number of likely N-dealkylation sites (N-methyl/N-ethyl adjacent to an activating group) is 1. The van der Waals surface area contributed by atoms with E-state index in [9.17, 15) is 14.3 Å². The molecule has 0 radical (unpaired) electrons. The van der Waals surface area contributed by atoms with Gasteiger partial charge in [0.25, 0.3) is 0 Å². The minimum Gasteiger partial charge on any atom is -0.394 e. The molecular weight excluding hydrogens is 223 g/mol. The Morgan fingerprint density at radius 3 is 2.76 bits per heavy atom. The van der Waals surface area contributed by atoms with Crippen LogP contribution >= 0.6 is 0 Å². The van der Waals surface area contributed by atoms with E-state index in [0.29, 0.717) is 13.1 Å². The highest BCUT2D eigenvalue weighted by molar-refractivity contribution is 5.98. The van der Waals surface area contributed by atoms with Crippen molar-refractivity contribution in [1.82, 2.24) is 4.90 Å². The Bertz CT molecular complexity index is 425. The van der Waals surface area contributed by atoms with E-state index in [1.807, 2.05) is 0 Å². The van der Waals surface area contributed by atoms with E-state index >= 15 is 0 Å². The molecule has 1 aliphatic rings. The number of hydrogen-bond donors (Lipinski definition) is 1. The first-order valence-corrected chi connectivity index (χ1v) is 5.52. The van der Waals surface area contributed by atoms with Crippen LogP contribution < -0.4 is 4.90 Å². The number of aliphatic hydroxyl groups excluding tert-OH is 1.